The molecule has 0 saturated carbocycles. The highest BCUT2D eigenvalue weighted by atomic mass is 35.5. The molecule has 0 heterocycles. The minimum atomic E-state index is -4.05. The number of amides is 2. The van der Waals surface area contributed by atoms with Crippen molar-refractivity contribution < 1.29 is 18.0 Å². The lowest BCUT2D eigenvalue weighted by molar-refractivity contribution is -0.139. The number of rotatable bonds is 11. The predicted molar refractivity (Wildman–Crippen MR) is 150 cm³/mol. The number of halogens is 2. The number of aryl methyl sites for hydroxylation is 2. The van der Waals surface area contributed by atoms with Crippen LogP contribution in [0.2, 0.25) is 10.0 Å². The molecule has 0 unspecified atom stereocenters. The summed E-state index contributed by atoms with van der Waals surface area (Å²) in [6, 6.07) is 9.35. The molecule has 2 aromatic rings. The Labute approximate surface area is 230 Å². The van der Waals surface area contributed by atoms with E-state index in [9.17, 15) is 18.0 Å². The first-order valence-corrected chi connectivity index (χ1v) is 14.2. The molecule has 37 heavy (non-hydrogen) atoms. The van der Waals surface area contributed by atoms with Gasteiger partial charge in [0.05, 0.1) is 5.69 Å². The number of anilines is 1. The van der Waals surface area contributed by atoms with Crippen LogP contribution in [0, 0.1) is 13.8 Å². The van der Waals surface area contributed by atoms with Crippen LogP contribution in [0.5, 0.6) is 0 Å². The standard InChI is InChI=1S/C26H36Cl2N4O4S/c1-8-19(4)29-26(34)20(5)31(15-21-22(27)10-9-11-23(21)28)25(33)16-32(37(35,36)30(6)7)24-14-17(2)12-13-18(24)3/h9-14,19-20H,8,15-16H2,1-7H3,(H,29,34)/t19-,20-/m1/s1. The van der Waals surface area contributed by atoms with E-state index in [4.69, 9.17) is 23.2 Å². The first-order valence-electron chi connectivity index (χ1n) is 12.0. The molecule has 0 aromatic heterocycles. The monoisotopic (exact) mass is 570 g/mol. The zero-order chi connectivity index (χ0) is 28.1. The Balaban J connectivity index is 2.56. The maximum Gasteiger partial charge on any atom is 0.304 e. The number of hydrogen-bond acceptors (Lipinski definition) is 4. The van der Waals surface area contributed by atoms with Crippen LogP contribution in [0.25, 0.3) is 0 Å². The fourth-order valence-electron chi connectivity index (χ4n) is 3.59. The van der Waals surface area contributed by atoms with Crippen LogP contribution in [0.3, 0.4) is 0 Å². The average Bonchev–Trinajstić information content (AvgIpc) is 2.83. The predicted octanol–water partition coefficient (Wildman–Crippen LogP) is 4.56. The Kier molecular flexibility index (Phi) is 10.8. The van der Waals surface area contributed by atoms with Crippen LogP contribution in [0.15, 0.2) is 36.4 Å². The molecule has 0 aliphatic rings. The summed E-state index contributed by atoms with van der Waals surface area (Å²) in [5.74, 6) is -0.936. The largest absolute Gasteiger partial charge is 0.352 e. The molecular weight excluding hydrogens is 535 g/mol. The molecule has 11 heteroatoms. The number of carbonyl (C=O) groups excluding carboxylic acids is 2. The third-order valence-electron chi connectivity index (χ3n) is 6.21. The topological polar surface area (TPSA) is 90.0 Å². The maximum atomic E-state index is 13.9. The van der Waals surface area contributed by atoms with Crippen molar-refractivity contribution in [1.82, 2.24) is 14.5 Å². The fourth-order valence-corrected chi connectivity index (χ4v) is 5.22. The van der Waals surface area contributed by atoms with Gasteiger partial charge in [-0.1, -0.05) is 48.3 Å². The van der Waals surface area contributed by atoms with Crippen molar-refractivity contribution >= 4 is 50.9 Å². The molecule has 0 aliphatic heterocycles. The van der Waals surface area contributed by atoms with Crippen molar-refractivity contribution in [3.05, 3.63) is 63.1 Å². The molecule has 2 atom stereocenters. The van der Waals surface area contributed by atoms with E-state index in [2.05, 4.69) is 5.32 Å². The van der Waals surface area contributed by atoms with Crippen LogP contribution in [0.1, 0.15) is 43.9 Å². The summed E-state index contributed by atoms with van der Waals surface area (Å²) >= 11 is 12.8. The van der Waals surface area contributed by atoms with Gasteiger partial charge in [0, 0.05) is 42.3 Å². The second-order valence-corrected chi connectivity index (χ2v) is 12.2. The Hall–Kier alpha value is -2.33. The Morgan fingerprint density at radius 2 is 1.62 bits per heavy atom. The van der Waals surface area contributed by atoms with Gasteiger partial charge < -0.3 is 10.2 Å². The lowest BCUT2D eigenvalue weighted by Gasteiger charge is -2.34. The van der Waals surface area contributed by atoms with Crippen molar-refractivity contribution in [2.45, 2.75) is 59.7 Å². The van der Waals surface area contributed by atoms with Crippen molar-refractivity contribution in [2.24, 2.45) is 0 Å². The highest BCUT2D eigenvalue weighted by Crippen LogP contribution is 2.28. The zero-order valence-electron chi connectivity index (χ0n) is 22.4. The normalized spacial score (nSPS) is 13.2. The molecule has 2 amide bonds. The number of nitrogens with zero attached hydrogens (tertiary/aromatic N) is 3. The average molecular weight is 572 g/mol. The van der Waals surface area contributed by atoms with E-state index in [1.54, 1.807) is 44.2 Å². The molecule has 0 bridgehead atoms. The molecule has 0 aliphatic carbocycles. The van der Waals surface area contributed by atoms with Gasteiger partial charge in [-0.15, -0.1) is 0 Å². The van der Waals surface area contributed by atoms with E-state index in [0.29, 0.717) is 33.3 Å². The fraction of sp³-hybridized carbons (Fsp3) is 0.462. The molecule has 0 radical (unpaired) electrons. The first kappa shape index (κ1) is 30.9. The lowest BCUT2D eigenvalue weighted by Crippen LogP contribution is -2.53. The van der Waals surface area contributed by atoms with Crippen molar-refractivity contribution in [3.8, 4) is 0 Å². The molecule has 0 saturated heterocycles. The number of benzene rings is 2. The van der Waals surface area contributed by atoms with E-state index in [1.165, 1.54) is 19.0 Å². The SMILES string of the molecule is CC[C@@H](C)NC(=O)[C@@H](C)N(Cc1c(Cl)cccc1Cl)C(=O)CN(c1cc(C)ccc1C)S(=O)(=O)N(C)C. The van der Waals surface area contributed by atoms with E-state index < -0.39 is 28.7 Å². The van der Waals surface area contributed by atoms with E-state index in [1.807, 2.05) is 26.8 Å². The van der Waals surface area contributed by atoms with Gasteiger partial charge in [-0.05, 0) is 63.4 Å². The van der Waals surface area contributed by atoms with Gasteiger partial charge in [0.1, 0.15) is 12.6 Å². The minimum absolute atomic E-state index is 0.0743. The second-order valence-electron chi connectivity index (χ2n) is 9.30. The number of carbonyl (C=O) groups is 2. The summed E-state index contributed by atoms with van der Waals surface area (Å²) < 4.78 is 28.9. The van der Waals surface area contributed by atoms with Crippen molar-refractivity contribution in [1.29, 1.82) is 0 Å². The molecule has 0 fully saturated rings. The summed E-state index contributed by atoms with van der Waals surface area (Å²) in [6.45, 7) is 8.44. The van der Waals surface area contributed by atoms with Gasteiger partial charge in [-0.25, -0.2) is 4.31 Å². The summed E-state index contributed by atoms with van der Waals surface area (Å²) in [5, 5.41) is 3.57. The Morgan fingerprint density at radius 3 is 2.16 bits per heavy atom. The Morgan fingerprint density at radius 1 is 1.03 bits per heavy atom. The van der Waals surface area contributed by atoms with Crippen LogP contribution in [-0.4, -0.2) is 62.2 Å². The van der Waals surface area contributed by atoms with Gasteiger partial charge in [0.15, 0.2) is 0 Å². The summed E-state index contributed by atoms with van der Waals surface area (Å²) in [5.41, 5.74) is 2.38. The van der Waals surface area contributed by atoms with Crippen molar-refractivity contribution in [3.63, 3.8) is 0 Å². The van der Waals surface area contributed by atoms with Gasteiger partial charge in [0.2, 0.25) is 11.8 Å². The van der Waals surface area contributed by atoms with Gasteiger partial charge in [0.25, 0.3) is 0 Å². The van der Waals surface area contributed by atoms with Crippen LogP contribution in [-0.2, 0) is 26.3 Å². The molecule has 1 N–H and O–H groups in total. The van der Waals surface area contributed by atoms with E-state index in [-0.39, 0.29) is 18.5 Å². The molecular formula is C26H36Cl2N4O4S. The third kappa shape index (κ3) is 7.60. The molecule has 8 nitrogen and oxygen atoms in total. The smallest absolute Gasteiger partial charge is 0.304 e. The molecule has 2 rings (SSSR count). The van der Waals surface area contributed by atoms with Crippen LogP contribution >= 0.6 is 23.2 Å². The van der Waals surface area contributed by atoms with Gasteiger partial charge in [-0.3, -0.25) is 9.59 Å². The lowest BCUT2D eigenvalue weighted by atomic mass is 10.1. The van der Waals surface area contributed by atoms with Gasteiger partial charge in [-0.2, -0.15) is 12.7 Å². The number of nitrogens with one attached hydrogen (secondary N) is 1. The molecule has 2 aromatic carbocycles. The first-order chi connectivity index (χ1) is 17.2. The van der Waals surface area contributed by atoms with Crippen LogP contribution < -0.4 is 9.62 Å². The highest BCUT2D eigenvalue weighted by molar-refractivity contribution is 7.90. The molecule has 0 spiro atoms. The quantitative estimate of drug-likeness (QED) is 0.429. The van der Waals surface area contributed by atoms with Crippen LogP contribution in [0.4, 0.5) is 5.69 Å². The highest BCUT2D eigenvalue weighted by Gasteiger charge is 2.34. The molecule has 204 valence electrons. The van der Waals surface area contributed by atoms with E-state index >= 15 is 0 Å². The second kappa shape index (κ2) is 13.0. The third-order valence-corrected chi connectivity index (χ3v) is 8.72. The van der Waals surface area contributed by atoms with E-state index in [0.717, 1.165) is 14.2 Å². The number of hydrogen-bond donors (Lipinski definition) is 1. The Bertz CT molecular complexity index is 1220. The minimum Gasteiger partial charge on any atom is -0.352 e. The maximum absolute atomic E-state index is 13.9. The zero-order valence-corrected chi connectivity index (χ0v) is 24.7. The van der Waals surface area contributed by atoms with Gasteiger partial charge >= 0.3 is 10.2 Å². The summed E-state index contributed by atoms with van der Waals surface area (Å²) in [4.78, 5) is 28.2. The summed E-state index contributed by atoms with van der Waals surface area (Å²) in [7, 11) is -1.24. The van der Waals surface area contributed by atoms with Crippen molar-refractivity contribution in [2.75, 3.05) is 24.9 Å². The summed E-state index contributed by atoms with van der Waals surface area (Å²) in [6.07, 6.45) is 0.713.